The number of thioether (sulfide) groups is 1. The predicted molar refractivity (Wildman–Crippen MR) is 101 cm³/mol. The fourth-order valence-corrected chi connectivity index (χ4v) is 3.51. The molecular formula is C19H16BrNO2S. The molecule has 0 aromatic heterocycles. The highest BCUT2D eigenvalue weighted by Crippen LogP contribution is 2.33. The average molecular weight is 402 g/mol. The van der Waals surface area contributed by atoms with Gasteiger partial charge >= 0.3 is 0 Å². The maximum atomic E-state index is 12.5. The molecule has 0 unspecified atom stereocenters. The Kier molecular flexibility index (Phi) is 5.21. The first-order chi connectivity index (χ1) is 11.6. The third-order valence-corrected chi connectivity index (χ3v) is 5.25. The normalized spacial score (nSPS) is 16.2. The minimum Gasteiger partial charge on any atom is -0.268 e. The molecule has 3 nitrogen and oxygen atoms in total. The fraction of sp³-hybridized carbons (Fsp3) is 0.158. The quantitative estimate of drug-likeness (QED) is 0.656. The predicted octanol–water partition coefficient (Wildman–Crippen LogP) is 5.25. The van der Waals surface area contributed by atoms with Crippen LogP contribution < -0.4 is 0 Å². The minimum absolute atomic E-state index is 0.223. The molecule has 2 amide bonds. The Balaban J connectivity index is 1.77. The monoisotopic (exact) mass is 401 g/mol. The first-order valence-electron chi connectivity index (χ1n) is 7.65. The van der Waals surface area contributed by atoms with E-state index < -0.39 is 0 Å². The van der Waals surface area contributed by atoms with Gasteiger partial charge in [0.05, 0.1) is 11.4 Å². The van der Waals surface area contributed by atoms with Crippen LogP contribution in [0, 0.1) is 0 Å². The van der Waals surface area contributed by atoms with E-state index in [-0.39, 0.29) is 11.1 Å². The zero-order chi connectivity index (χ0) is 17.1. The van der Waals surface area contributed by atoms with Gasteiger partial charge in [0.15, 0.2) is 0 Å². The molecule has 1 fully saturated rings. The fourth-order valence-electron chi connectivity index (χ4n) is 2.41. The van der Waals surface area contributed by atoms with Crippen LogP contribution in [0.1, 0.15) is 23.6 Å². The molecule has 5 heteroatoms. The average Bonchev–Trinajstić information content (AvgIpc) is 2.85. The van der Waals surface area contributed by atoms with Crippen LogP contribution >= 0.6 is 27.7 Å². The zero-order valence-corrected chi connectivity index (χ0v) is 15.6. The van der Waals surface area contributed by atoms with Gasteiger partial charge in [0, 0.05) is 4.47 Å². The van der Waals surface area contributed by atoms with E-state index in [1.165, 1.54) is 10.5 Å². The molecule has 122 valence electrons. The van der Waals surface area contributed by atoms with Crippen LogP contribution in [0.5, 0.6) is 0 Å². The first kappa shape index (κ1) is 17.0. The summed E-state index contributed by atoms with van der Waals surface area (Å²) >= 11 is 4.38. The van der Waals surface area contributed by atoms with Crippen molar-refractivity contribution in [2.45, 2.75) is 19.9 Å². The molecule has 1 heterocycles. The van der Waals surface area contributed by atoms with Crippen molar-refractivity contribution in [1.82, 2.24) is 4.90 Å². The zero-order valence-electron chi connectivity index (χ0n) is 13.2. The highest BCUT2D eigenvalue weighted by Gasteiger charge is 2.34. The summed E-state index contributed by atoms with van der Waals surface area (Å²) in [4.78, 5) is 26.5. The highest BCUT2D eigenvalue weighted by atomic mass is 79.9. The van der Waals surface area contributed by atoms with Gasteiger partial charge in [-0.1, -0.05) is 59.3 Å². The van der Waals surface area contributed by atoms with Crippen molar-refractivity contribution < 1.29 is 9.59 Å². The van der Waals surface area contributed by atoms with Crippen molar-refractivity contribution in [1.29, 1.82) is 0 Å². The maximum Gasteiger partial charge on any atom is 0.293 e. The summed E-state index contributed by atoms with van der Waals surface area (Å²) in [6, 6.07) is 15.6. The molecule has 1 aliphatic rings. The Morgan fingerprint density at radius 3 is 2.25 bits per heavy atom. The Hall–Kier alpha value is -1.85. The number of benzene rings is 2. The summed E-state index contributed by atoms with van der Waals surface area (Å²) in [5.74, 6) is -0.229. The van der Waals surface area contributed by atoms with E-state index in [0.29, 0.717) is 11.4 Å². The molecule has 3 rings (SSSR count). The van der Waals surface area contributed by atoms with Gasteiger partial charge in [-0.3, -0.25) is 14.5 Å². The van der Waals surface area contributed by atoms with Crippen LogP contribution in [0.3, 0.4) is 0 Å². The number of imide groups is 1. The molecule has 0 radical (unpaired) electrons. The van der Waals surface area contributed by atoms with Gasteiger partial charge in [0.25, 0.3) is 11.1 Å². The summed E-state index contributed by atoms with van der Waals surface area (Å²) in [7, 11) is 0. The standard InChI is InChI=1S/C19H16BrNO2S/c1-2-13-3-5-14(6-4-13)11-17-18(22)21(19(23)24-17)12-15-7-9-16(20)10-8-15/h3-11H,2,12H2,1H3/b17-11-. The van der Waals surface area contributed by atoms with Gasteiger partial charge in [-0.2, -0.15) is 0 Å². The number of hydrogen-bond donors (Lipinski definition) is 0. The van der Waals surface area contributed by atoms with Gasteiger partial charge in [-0.25, -0.2) is 0 Å². The summed E-state index contributed by atoms with van der Waals surface area (Å²) in [5, 5.41) is -0.223. The van der Waals surface area contributed by atoms with Crippen LogP contribution in [0.2, 0.25) is 0 Å². The Labute approximate surface area is 153 Å². The van der Waals surface area contributed by atoms with Crippen LogP contribution in [-0.4, -0.2) is 16.0 Å². The van der Waals surface area contributed by atoms with Crippen LogP contribution in [0.25, 0.3) is 6.08 Å². The second-order valence-corrected chi connectivity index (χ2v) is 7.40. The van der Waals surface area contributed by atoms with Gasteiger partial charge in [0.1, 0.15) is 0 Å². The van der Waals surface area contributed by atoms with Gasteiger partial charge in [0.2, 0.25) is 0 Å². The lowest BCUT2D eigenvalue weighted by Crippen LogP contribution is -2.27. The summed E-state index contributed by atoms with van der Waals surface area (Å²) in [6.07, 6.45) is 2.76. The van der Waals surface area contributed by atoms with E-state index in [1.807, 2.05) is 48.5 Å². The maximum absolute atomic E-state index is 12.5. The summed E-state index contributed by atoms with van der Waals surface area (Å²) in [6.45, 7) is 2.40. The number of hydrogen-bond acceptors (Lipinski definition) is 3. The van der Waals surface area contributed by atoms with E-state index in [0.717, 1.165) is 33.8 Å². The largest absolute Gasteiger partial charge is 0.293 e. The van der Waals surface area contributed by atoms with Gasteiger partial charge < -0.3 is 0 Å². The molecule has 0 atom stereocenters. The van der Waals surface area contributed by atoms with E-state index in [4.69, 9.17) is 0 Å². The SMILES string of the molecule is CCc1ccc(/C=C2\SC(=O)N(Cc3ccc(Br)cc3)C2=O)cc1. The molecule has 2 aromatic carbocycles. The van der Waals surface area contributed by atoms with Crippen molar-refractivity contribution in [2.24, 2.45) is 0 Å². The minimum atomic E-state index is -0.229. The van der Waals surface area contributed by atoms with Gasteiger partial charge in [-0.15, -0.1) is 0 Å². The highest BCUT2D eigenvalue weighted by molar-refractivity contribution is 9.10. The second kappa shape index (κ2) is 7.36. The van der Waals surface area contributed by atoms with Crippen molar-refractivity contribution in [3.8, 4) is 0 Å². The molecule has 0 spiro atoms. The third-order valence-electron chi connectivity index (χ3n) is 3.81. The molecular weight excluding hydrogens is 386 g/mol. The molecule has 2 aromatic rings. The van der Waals surface area contributed by atoms with E-state index in [1.54, 1.807) is 6.08 Å². The van der Waals surface area contributed by atoms with Gasteiger partial charge in [-0.05, 0) is 53.1 Å². The summed E-state index contributed by atoms with van der Waals surface area (Å²) < 4.78 is 0.968. The Morgan fingerprint density at radius 1 is 1.00 bits per heavy atom. The number of rotatable bonds is 4. The first-order valence-corrected chi connectivity index (χ1v) is 9.26. The third kappa shape index (κ3) is 3.79. The number of carbonyl (C=O) groups excluding carboxylic acids is 2. The lowest BCUT2D eigenvalue weighted by Gasteiger charge is -2.12. The molecule has 0 aliphatic carbocycles. The van der Waals surface area contributed by atoms with Crippen molar-refractivity contribution in [3.63, 3.8) is 0 Å². The molecule has 0 bridgehead atoms. The number of amides is 2. The lowest BCUT2D eigenvalue weighted by molar-refractivity contribution is -0.123. The Bertz CT molecular complexity index is 797. The number of aryl methyl sites for hydroxylation is 1. The van der Waals surface area contributed by atoms with Crippen molar-refractivity contribution >= 4 is 44.9 Å². The van der Waals surface area contributed by atoms with E-state index in [2.05, 4.69) is 22.9 Å². The number of carbonyl (C=O) groups is 2. The number of halogens is 1. The smallest absolute Gasteiger partial charge is 0.268 e. The van der Waals surface area contributed by atoms with Crippen LogP contribution in [-0.2, 0) is 17.8 Å². The van der Waals surface area contributed by atoms with Crippen molar-refractivity contribution in [3.05, 3.63) is 74.6 Å². The molecule has 24 heavy (non-hydrogen) atoms. The van der Waals surface area contributed by atoms with Crippen LogP contribution in [0.4, 0.5) is 4.79 Å². The lowest BCUT2D eigenvalue weighted by atomic mass is 10.1. The molecule has 1 aliphatic heterocycles. The number of nitrogens with zero attached hydrogens (tertiary/aromatic N) is 1. The second-order valence-electron chi connectivity index (χ2n) is 5.49. The topological polar surface area (TPSA) is 37.4 Å². The van der Waals surface area contributed by atoms with Crippen LogP contribution in [0.15, 0.2) is 57.9 Å². The summed E-state index contributed by atoms with van der Waals surface area (Å²) in [5.41, 5.74) is 3.10. The molecule has 1 saturated heterocycles. The van der Waals surface area contributed by atoms with Crippen molar-refractivity contribution in [2.75, 3.05) is 0 Å². The van der Waals surface area contributed by atoms with E-state index >= 15 is 0 Å². The Morgan fingerprint density at radius 2 is 1.62 bits per heavy atom. The van der Waals surface area contributed by atoms with E-state index in [9.17, 15) is 9.59 Å². The molecule has 0 N–H and O–H groups in total. The molecule has 0 saturated carbocycles.